The number of aliphatic hydroxyl groups is 1. The van der Waals surface area contributed by atoms with Gasteiger partial charge in [0.1, 0.15) is 5.82 Å². The topological polar surface area (TPSA) is 49.3 Å². The van der Waals surface area contributed by atoms with Gasteiger partial charge in [-0.1, -0.05) is 36.4 Å². The molecule has 0 bridgehead atoms. The molecule has 1 amide bonds. The summed E-state index contributed by atoms with van der Waals surface area (Å²) in [6.07, 6.45) is 0.724. The van der Waals surface area contributed by atoms with Crippen LogP contribution in [0.2, 0.25) is 0 Å². The number of rotatable bonds is 3. The van der Waals surface area contributed by atoms with Crippen LogP contribution < -0.4 is 5.32 Å². The summed E-state index contributed by atoms with van der Waals surface area (Å²) >= 11 is 0. The molecule has 2 N–H and O–H groups in total. The van der Waals surface area contributed by atoms with Crippen molar-refractivity contribution < 1.29 is 14.3 Å². The Balaban J connectivity index is 1.46. The van der Waals surface area contributed by atoms with Crippen molar-refractivity contribution in [2.24, 2.45) is 5.92 Å². The second-order valence-corrected chi connectivity index (χ2v) is 6.46. The Hall–Kier alpha value is -2.20. The highest BCUT2D eigenvalue weighted by Crippen LogP contribution is 2.48. The monoisotopic (exact) mass is 311 g/mol. The number of carbonyl (C=O) groups is 1. The van der Waals surface area contributed by atoms with Crippen LogP contribution in [0.3, 0.4) is 0 Å². The smallest absolute Gasteiger partial charge is 0.224 e. The van der Waals surface area contributed by atoms with Gasteiger partial charge in [-0.25, -0.2) is 4.39 Å². The minimum atomic E-state index is -0.581. The van der Waals surface area contributed by atoms with Crippen LogP contribution in [0.15, 0.2) is 48.5 Å². The van der Waals surface area contributed by atoms with E-state index in [-0.39, 0.29) is 29.6 Å². The molecule has 0 heterocycles. The minimum Gasteiger partial charge on any atom is -0.390 e. The molecule has 3 nitrogen and oxygen atoms in total. The van der Waals surface area contributed by atoms with Gasteiger partial charge in [0.15, 0.2) is 0 Å². The molecule has 0 saturated heterocycles. The Morgan fingerprint density at radius 1 is 1.17 bits per heavy atom. The molecule has 2 aromatic rings. The second kappa shape index (κ2) is 5.46. The molecule has 1 saturated carbocycles. The van der Waals surface area contributed by atoms with Gasteiger partial charge in [0, 0.05) is 12.3 Å². The number of hydrogen-bond donors (Lipinski definition) is 2. The van der Waals surface area contributed by atoms with Crippen molar-refractivity contribution in [3.05, 3.63) is 71.0 Å². The summed E-state index contributed by atoms with van der Waals surface area (Å²) in [7, 11) is 0. The number of amides is 1. The highest BCUT2D eigenvalue weighted by Gasteiger charge is 2.45. The van der Waals surface area contributed by atoms with Gasteiger partial charge in [-0.3, -0.25) is 4.79 Å². The lowest BCUT2D eigenvalue weighted by Gasteiger charge is -2.18. The van der Waals surface area contributed by atoms with Gasteiger partial charge in [-0.15, -0.1) is 0 Å². The fourth-order valence-corrected chi connectivity index (χ4v) is 3.60. The van der Waals surface area contributed by atoms with Crippen LogP contribution in [-0.2, 0) is 11.2 Å². The molecule has 0 spiro atoms. The third-order valence-corrected chi connectivity index (χ3v) is 4.91. The zero-order valence-electron chi connectivity index (χ0n) is 12.6. The first kappa shape index (κ1) is 14.4. The van der Waals surface area contributed by atoms with E-state index < -0.39 is 6.10 Å². The van der Waals surface area contributed by atoms with E-state index in [0.29, 0.717) is 6.42 Å². The molecule has 1 fully saturated rings. The van der Waals surface area contributed by atoms with Crippen molar-refractivity contribution in [3.8, 4) is 0 Å². The minimum absolute atomic E-state index is 0.0555. The summed E-state index contributed by atoms with van der Waals surface area (Å²) in [5, 5.41) is 13.2. The molecule has 4 heteroatoms. The molecular formula is C19H18FNO2. The summed E-state index contributed by atoms with van der Waals surface area (Å²) in [6.45, 7) is 0. The van der Waals surface area contributed by atoms with Crippen molar-refractivity contribution in [2.45, 2.75) is 30.9 Å². The Labute approximate surface area is 134 Å². The zero-order valence-corrected chi connectivity index (χ0v) is 12.6. The Bertz CT molecular complexity index is 761. The first-order valence-electron chi connectivity index (χ1n) is 7.95. The number of halogens is 1. The summed E-state index contributed by atoms with van der Waals surface area (Å²) in [5.41, 5.74) is 2.96. The van der Waals surface area contributed by atoms with E-state index in [1.165, 1.54) is 12.1 Å². The lowest BCUT2D eigenvalue weighted by Crippen LogP contribution is -2.35. The summed E-state index contributed by atoms with van der Waals surface area (Å²) in [4.78, 5) is 12.5. The van der Waals surface area contributed by atoms with E-state index >= 15 is 0 Å². The Morgan fingerprint density at radius 2 is 2.00 bits per heavy atom. The fraction of sp³-hybridized carbons (Fsp3) is 0.316. The van der Waals surface area contributed by atoms with Crippen molar-refractivity contribution in [3.63, 3.8) is 0 Å². The second-order valence-electron chi connectivity index (χ2n) is 6.46. The number of fused-ring (bicyclic) bond motifs is 1. The van der Waals surface area contributed by atoms with Crippen molar-refractivity contribution in [2.75, 3.05) is 0 Å². The Kier molecular flexibility index (Phi) is 3.42. The lowest BCUT2D eigenvalue weighted by atomic mass is 10.1. The summed E-state index contributed by atoms with van der Waals surface area (Å²) < 4.78 is 13.3. The first-order valence-corrected chi connectivity index (χ1v) is 7.95. The van der Waals surface area contributed by atoms with Crippen LogP contribution in [0.5, 0.6) is 0 Å². The van der Waals surface area contributed by atoms with Gasteiger partial charge in [-0.05, 0) is 41.2 Å². The number of nitrogens with one attached hydrogen (secondary N) is 1. The molecule has 0 aromatic heterocycles. The van der Waals surface area contributed by atoms with Crippen LogP contribution in [0.4, 0.5) is 4.39 Å². The van der Waals surface area contributed by atoms with Gasteiger partial charge >= 0.3 is 0 Å². The SMILES string of the molecule is O=C(N[C@@H]1c2ccccc2C[C@@H]1O)[C@H]1C[C@H]1c1cccc(F)c1. The van der Waals surface area contributed by atoms with Crippen LogP contribution in [0.25, 0.3) is 0 Å². The molecule has 2 aliphatic carbocycles. The van der Waals surface area contributed by atoms with Gasteiger partial charge in [-0.2, -0.15) is 0 Å². The molecule has 2 aliphatic rings. The molecule has 0 unspecified atom stereocenters. The molecule has 0 aliphatic heterocycles. The maximum Gasteiger partial charge on any atom is 0.224 e. The normalized spacial score (nSPS) is 28.3. The summed E-state index contributed by atoms with van der Waals surface area (Å²) in [5.74, 6) is -0.370. The molecule has 118 valence electrons. The van der Waals surface area contributed by atoms with E-state index in [9.17, 15) is 14.3 Å². The summed E-state index contributed by atoms with van der Waals surface area (Å²) in [6, 6.07) is 13.9. The first-order chi connectivity index (χ1) is 11.1. The predicted molar refractivity (Wildman–Crippen MR) is 84.3 cm³/mol. The number of aliphatic hydroxyl groups excluding tert-OH is 1. The van der Waals surface area contributed by atoms with E-state index in [2.05, 4.69) is 5.32 Å². The molecule has 4 atom stereocenters. The van der Waals surface area contributed by atoms with E-state index in [0.717, 1.165) is 23.1 Å². The highest BCUT2D eigenvalue weighted by molar-refractivity contribution is 5.83. The third-order valence-electron chi connectivity index (χ3n) is 4.91. The maximum absolute atomic E-state index is 13.3. The van der Waals surface area contributed by atoms with Gasteiger partial charge in [0.2, 0.25) is 5.91 Å². The standard InChI is InChI=1S/C19H18FNO2/c20-13-6-3-5-11(8-13)15-10-16(15)19(23)21-18-14-7-2-1-4-12(14)9-17(18)22/h1-8,15-18,22H,9-10H2,(H,21,23)/t15-,16-,17-,18+/m0/s1. The van der Waals surface area contributed by atoms with E-state index in [4.69, 9.17) is 0 Å². The molecular weight excluding hydrogens is 293 g/mol. The quantitative estimate of drug-likeness (QED) is 0.915. The predicted octanol–water partition coefficient (Wildman–Crippen LogP) is 2.70. The fourth-order valence-electron chi connectivity index (χ4n) is 3.60. The molecule has 23 heavy (non-hydrogen) atoms. The van der Waals surface area contributed by atoms with Crippen LogP contribution in [0, 0.1) is 11.7 Å². The largest absolute Gasteiger partial charge is 0.390 e. The third kappa shape index (κ3) is 2.63. The van der Waals surface area contributed by atoms with Crippen molar-refractivity contribution in [1.82, 2.24) is 5.32 Å². The van der Waals surface area contributed by atoms with Crippen LogP contribution in [-0.4, -0.2) is 17.1 Å². The highest BCUT2D eigenvalue weighted by atomic mass is 19.1. The lowest BCUT2D eigenvalue weighted by molar-refractivity contribution is -0.123. The number of carbonyl (C=O) groups excluding carboxylic acids is 1. The van der Waals surface area contributed by atoms with Gasteiger partial charge in [0.25, 0.3) is 0 Å². The van der Waals surface area contributed by atoms with Crippen LogP contribution in [0.1, 0.15) is 35.1 Å². The molecule has 2 aromatic carbocycles. The maximum atomic E-state index is 13.3. The Morgan fingerprint density at radius 3 is 2.83 bits per heavy atom. The molecule has 4 rings (SSSR count). The van der Waals surface area contributed by atoms with E-state index in [1.807, 2.05) is 30.3 Å². The van der Waals surface area contributed by atoms with Gasteiger partial charge < -0.3 is 10.4 Å². The number of hydrogen-bond acceptors (Lipinski definition) is 2. The van der Waals surface area contributed by atoms with E-state index in [1.54, 1.807) is 6.07 Å². The average molecular weight is 311 g/mol. The number of benzene rings is 2. The van der Waals surface area contributed by atoms with Crippen molar-refractivity contribution >= 4 is 5.91 Å². The zero-order chi connectivity index (χ0) is 16.0. The molecule has 0 radical (unpaired) electrons. The van der Waals surface area contributed by atoms with Gasteiger partial charge in [0.05, 0.1) is 12.1 Å². The van der Waals surface area contributed by atoms with Crippen LogP contribution >= 0.6 is 0 Å². The van der Waals surface area contributed by atoms with Crippen molar-refractivity contribution in [1.29, 1.82) is 0 Å². The average Bonchev–Trinajstić information content (AvgIpc) is 3.28.